The average Bonchev–Trinajstić information content (AvgIpc) is 1.81. The van der Waals surface area contributed by atoms with E-state index in [0.29, 0.717) is 0 Å². The van der Waals surface area contributed by atoms with Gasteiger partial charge in [-0.1, -0.05) is 0 Å². The molecule has 3 N–H and O–H groups in total. The van der Waals surface area contributed by atoms with E-state index in [0.717, 1.165) is 0 Å². The Morgan fingerprint density at radius 2 is 2.00 bits per heavy atom. The van der Waals surface area contributed by atoms with Crippen molar-refractivity contribution < 1.29 is 9.53 Å². The lowest BCUT2D eigenvalue weighted by Crippen LogP contribution is -2.31. The van der Waals surface area contributed by atoms with Crippen LogP contribution in [0.25, 0.3) is 0 Å². The van der Waals surface area contributed by atoms with Crippen LogP contribution in [0.3, 0.4) is 0 Å². The predicted molar refractivity (Wildman–Crippen MR) is 51.8 cm³/mol. The summed E-state index contributed by atoms with van der Waals surface area (Å²) in [5.41, 5.74) is 4.84. The Balaban J connectivity index is 4.06. The maximum absolute atomic E-state index is 11.2. The standard InChI is InChI=1S/C9H18N2O2/c1-6(10)5-7(11)8(12)13-9(2,3)4/h6,11H,5,10H2,1-4H3/t6-/m0/s1. The van der Waals surface area contributed by atoms with E-state index < -0.39 is 11.6 Å². The van der Waals surface area contributed by atoms with Crippen LogP contribution in [0.1, 0.15) is 34.1 Å². The Labute approximate surface area is 79.0 Å². The maximum Gasteiger partial charge on any atom is 0.352 e. The Kier molecular flexibility index (Phi) is 4.07. The molecular weight excluding hydrogens is 168 g/mol. The van der Waals surface area contributed by atoms with Crippen molar-refractivity contribution in [1.82, 2.24) is 0 Å². The zero-order valence-electron chi connectivity index (χ0n) is 8.68. The fourth-order valence-electron chi connectivity index (χ4n) is 0.745. The van der Waals surface area contributed by atoms with Crippen molar-refractivity contribution in [2.24, 2.45) is 5.73 Å². The molecule has 4 heteroatoms. The van der Waals surface area contributed by atoms with Crippen LogP contribution in [-0.4, -0.2) is 23.3 Å². The fraction of sp³-hybridized carbons (Fsp3) is 0.778. The third kappa shape index (κ3) is 6.28. The van der Waals surface area contributed by atoms with Crippen molar-refractivity contribution in [3.63, 3.8) is 0 Å². The number of rotatable bonds is 3. The summed E-state index contributed by atoms with van der Waals surface area (Å²) in [7, 11) is 0. The predicted octanol–water partition coefficient (Wildman–Crippen LogP) is 1.09. The van der Waals surface area contributed by atoms with E-state index in [4.69, 9.17) is 15.9 Å². The number of nitrogens with one attached hydrogen (secondary N) is 1. The van der Waals surface area contributed by atoms with Gasteiger partial charge in [-0.05, 0) is 27.7 Å². The lowest BCUT2D eigenvalue weighted by atomic mass is 10.1. The van der Waals surface area contributed by atoms with Gasteiger partial charge in [0.05, 0.1) is 0 Å². The molecule has 0 radical (unpaired) electrons. The van der Waals surface area contributed by atoms with Gasteiger partial charge in [0.1, 0.15) is 11.3 Å². The molecule has 0 aliphatic carbocycles. The van der Waals surface area contributed by atoms with Crippen LogP contribution < -0.4 is 5.73 Å². The van der Waals surface area contributed by atoms with Crippen molar-refractivity contribution in [3.05, 3.63) is 0 Å². The molecule has 0 saturated heterocycles. The number of hydrogen-bond acceptors (Lipinski definition) is 4. The van der Waals surface area contributed by atoms with Gasteiger partial charge >= 0.3 is 5.97 Å². The highest BCUT2D eigenvalue weighted by Crippen LogP contribution is 2.08. The van der Waals surface area contributed by atoms with Crippen molar-refractivity contribution in [2.75, 3.05) is 0 Å². The number of esters is 1. The summed E-state index contributed by atoms with van der Waals surface area (Å²) in [5.74, 6) is -0.579. The molecule has 0 saturated carbocycles. The summed E-state index contributed by atoms with van der Waals surface area (Å²) in [6, 6.07) is -0.181. The lowest BCUT2D eigenvalue weighted by Gasteiger charge is -2.19. The maximum atomic E-state index is 11.2. The number of carbonyl (C=O) groups is 1. The highest BCUT2D eigenvalue weighted by Gasteiger charge is 2.20. The van der Waals surface area contributed by atoms with E-state index in [1.807, 2.05) is 0 Å². The first-order valence-electron chi connectivity index (χ1n) is 4.28. The van der Waals surface area contributed by atoms with Gasteiger partial charge in [0.15, 0.2) is 0 Å². The summed E-state index contributed by atoms with van der Waals surface area (Å²) in [6.07, 6.45) is 0.259. The Bertz CT molecular complexity index is 204. The highest BCUT2D eigenvalue weighted by molar-refractivity contribution is 6.35. The van der Waals surface area contributed by atoms with Gasteiger partial charge in [-0.15, -0.1) is 0 Å². The summed E-state index contributed by atoms with van der Waals surface area (Å²) in [4.78, 5) is 11.2. The third-order valence-electron chi connectivity index (χ3n) is 1.17. The summed E-state index contributed by atoms with van der Waals surface area (Å²) < 4.78 is 4.98. The first kappa shape index (κ1) is 12.1. The monoisotopic (exact) mass is 186 g/mol. The Hall–Kier alpha value is -0.900. The minimum absolute atomic E-state index is 0.0649. The van der Waals surface area contributed by atoms with E-state index in [2.05, 4.69) is 0 Å². The zero-order chi connectivity index (χ0) is 10.6. The van der Waals surface area contributed by atoms with Crippen LogP contribution in [0.15, 0.2) is 0 Å². The molecule has 0 fully saturated rings. The van der Waals surface area contributed by atoms with Crippen LogP contribution in [0.2, 0.25) is 0 Å². The van der Waals surface area contributed by atoms with E-state index in [9.17, 15) is 4.79 Å². The molecule has 0 heterocycles. The molecule has 0 aromatic rings. The molecule has 0 aliphatic rings. The number of carbonyl (C=O) groups excluding carboxylic acids is 1. The molecule has 0 aliphatic heterocycles. The first-order valence-corrected chi connectivity index (χ1v) is 4.28. The van der Waals surface area contributed by atoms with Crippen molar-refractivity contribution in [3.8, 4) is 0 Å². The van der Waals surface area contributed by atoms with Crippen LogP contribution in [0.5, 0.6) is 0 Å². The minimum atomic E-state index is -0.579. The Morgan fingerprint density at radius 3 is 2.31 bits per heavy atom. The molecule has 0 spiro atoms. The minimum Gasteiger partial charge on any atom is -0.456 e. The molecule has 1 atom stereocenters. The van der Waals surface area contributed by atoms with E-state index in [1.54, 1.807) is 27.7 Å². The molecule has 0 aromatic heterocycles. The van der Waals surface area contributed by atoms with Crippen molar-refractivity contribution in [2.45, 2.75) is 45.8 Å². The summed E-state index contributed by atoms with van der Waals surface area (Å²) in [5, 5.41) is 7.35. The van der Waals surface area contributed by atoms with E-state index >= 15 is 0 Å². The van der Waals surface area contributed by atoms with Gasteiger partial charge in [-0.2, -0.15) is 0 Å². The average molecular weight is 186 g/mol. The number of ether oxygens (including phenoxy) is 1. The topological polar surface area (TPSA) is 76.2 Å². The smallest absolute Gasteiger partial charge is 0.352 e. The van der Waals surface area contributed by atoms with Crippen LogP contribution in [0, 0.1) is 5.41 Å². The molecule has 0 unspecified atom stereocenters. The summed E-state index contributed by atoms with van der Waals surface area (Å²) >= 11 is 0. The SMILES string of the molecule is C[C@H](N)CC(=N)C(=O)OC(C)(C)C. The van der Waals surface area contributed by atoms with Crippen molar-refractivity contribution >= 4 is 11.7 Å². The Morgan fingerprint density at radius 1 is 1.54 bits per heavy atom. The molecule has 0 amide bonds. The quantitative estimate of drug-likeness (QED) is 0.511. The third-order valence-corrected chi connectivity index (χ3v) is 1.17. The second-order valence-electron chi connectivity index (χ2n) is 4.16. The molecule has 0 bridgehead atoms. The van der Waals surface area contributed by atoms with Gasteiger partial charge in [-0.25, -0.2) is 4.79 Å². The molecule has 76 valence electrons. The highest BCUT2D eigenvalue weighted by atomic mass is 16.6. The van der Waals surface area contributed by atoms with E-state index in [1.165, 1.54) is 0 Å². The normalized spacial score (nSPS) is 13.6. The largest absolute Gasteiger partial charge is 0.456 e. The number of hydrogen-bond donors (Lipinski definition) is 2. The van der Waals surface area contributed by atoms with E-state index in [-0.39, 0.29) is 18.2 Å². The second-order valence-corrected chi connectivity index (χ2v) is 4.16. The summed E-state index contributed by atoms with van der Waals surface area (Å²) in [6.45, 7) is 7.05. The zero-order valence-corrected chi connectivity index (χ0v) is 8.68. The number of nitrogens with two attached hydrogens (primary N) is 1. The van der Waals surface area contributed by atoms with Gasteiger partial charge < -0.3 is 10.5 Å². The van der Waals surface area contributed by atoms with Gasteiger partial charge in [0.2, 0.25) is 0 Å². The molecule has 0 aromatic carbocycles. The molecule has 13 heavy (non-hydrogen) atoms. The lowest BCUT2D eigenvalue weighted by molar-refractivity contribution is -0.146. The fourth-order valence-corrected chi connectivity index (χ4v) is 0.745. The second kappa shape index (κ2) is 4.37. The molecule has 0 rings (SSSR count). The van der Waals surface area contributed by atoms with Crippen LogP contribution >= 0.6 is 0 Å². The molecular formula is C9H18N2O2. The van der Waals surface area contributed by atoms with Gasteiger partial charge in [-0.3, -0.25) is 5.41 Å². The van der Waals surface area contributed by atoms with Crippen LogP contribution in [-0.2, 0) is 9.53 Å². The first-order chi connectivity index (χ1) is 5.72. The van der Waals surface area contributed by atoms with Crippen LogP contribution in [0.4, 0.5) is 0 Å². The van der Waals surface area contributed by atoms with Crippen molar-refractivity contribution in [1.29, 1.82) is 5.41 Å². The van der Waals surface area contributed by atoms with Gasteiger partial charge in [0, 0.05) is 12.5 Å². The molecule has 4 nitrogen and oxygen atoms in total. The van der Waals surface area contributed by atoms with Gasteiger partial charge in [0.25, 0.3) is 0 Å².